The number of hydrogen-bond donors (Lipinski definition) is 4. The standard InChI is InChI=1S/C39H54N4O9S/c1-8-27-21-39(27,35(47)42-53(49,50)29-15-16-29)41-33(45)30-20-28(44)22-43(30)34(46)32(37(2,3)4)40-36(48)52-23-38(5,6)17-11-14-26-18-24-12-9-10-13-25(24)19-31(26)51-7/h8-10,12-13,18-19,27-30,32,44H,1,11,14-17,20-23H2,2-7H3,(H,40,48)(H,41,45)(H,42,47)/t27-,28+,30+,32-,39-/m1/s1. The molecule has 2 aromatic carbocycles. The van der Waals surface area contributed by atoms with Crippen LogP contribution >= 0.6 is 0 Å². The second-order valence-electron chi connectivity index (χ2n) is 16.6. The first kappa shape index (κ1) is 40.0. The highest BCUT2D eigenvalue weighted by atomic mass is 32.2. The summed E-state index contributed by atoms with van der Waals surface area (Å²) in [6.07, 6.45) is 2.96. The Labute approximate surface area is 312 Å². The SMILES string of the molecule is C=C[C@@H]1C[C@]1(NC(=O)[C@@H]1C[C@H](O)CN1C(=O)[C@@H](NC(=O)OCC(C)(C)CCCc1cc2ccccc2cc1OC)C(C)(C)C)C(=O)NS(=O)(=O)C1CC1. The zero-order valence-corrected chi connectivity index (χ0v) is 32.4. The molecule has 0 unspecified atom stereocenters. The Morgan fingerprint density at radius 1 is 1.09 bits per heavy atom. The molecule has 0 bridgehead atoms. The van der Waals surface area contributed by atoms with Crippen LogP contribution in [-0.2, 0) is 35.6 Å². The number of nitrogens with one attached hydrogen (secondary N) is 3. The molecule has 1 heterocycles. The number of nitrogens with zero attached hydrogens (tertiary/aromatic N) is 1. The number of aryl methyl sites for hydroxylation is 1. The van der Waals surface area contributed by atoms with Gasteiger partial charge in [-0.15, -0.1) is 6.58 Å². The molecule has 13 nitrogen and oxygen atoms in total. The van der Waals surface area contributed by atoms with Crippen molar-refractivity contribution in [2.45, 2.75) is 109 Å². The number of ether oxygens (including phenoxy) is 2. The van der Waals surface area contributed by atoms with Crippen LogP contribution in [0, 0.1) is 16.7 Å². The Kier molecular flexibility index (Phi) is 11.5. The minimum absolute atomic E-state index is 0.0945. The van der Waals surface area contributed by atoms with Gasteiger partial charge < -0.3 is 30.1 Å². The Bertz CT molecular complexity index is 1850. The quantitative estimate of drug-likeness (QED) is 0.196. The van der Waals surface area contributed by atoms with E-state index in [1.165, 1.54) is 11.0 Å². The molecule has 2 aromatic rings. The number of likely N-dealkylation sites (tertiary alicyclic amines) is 1. The maximum Gasteiger partial charge on any atom is 0.407 e. The van der Waals surface area contributed by atoms with Gasteiger partial charge in [-0.3, -0.25) is 19.1 Å². The van der Waals surface area contributed by atoms with Crippen molar-refractivity contribution in [3.8, 4) is 5.75 Å². The normalized spacial score (nSPS) is 23.5. The molecule has 1 aliphatic heterocycles. The fraction of sp³-hybridized carbons (Fsp3) is 0.590. The summed E-state index contributed by atoms with van der Waals surface area (Å²) in [5, 5.41) is 17.6. The van der Waals surface area contributed by atoms with Gasteiger partial charge >= 0.3 is 6.09 Å². The summed E-state index contributed by atoms with van der Waals surface area (Å²) in [4.78, 5) is 55.4. The van der Waals surface area contributed by atoms with Gasteiger partial charge in [-0.05, 0) is 77.8 Å². The Balaban J connectivity index is 1.19. The zero-order valence-electron chi connectivity index (χ0n) is 31.6. The lowest BCUT2D eigenvalue weighted by molar-refractivity contribution is -0.143. The first-order valence-electron chi connectivity index (χ1n) is 18.3. The van der Waals surface area contributed by atoms with Crippen LogP contribution in [0.25, 0.3) is 10.8 Å². The van der Waals surface area contributed by atoms with Gasteiger partial charge in [0, 0.05) is 18.9 Å². The van der Waals surface area contributed by atoms with Crippen LogP contribution in [-0.4, -0.2) is 91.5 Å². The van der Waals surface area contributed by atoms with Crippen LogP contribution in [0.3, 0.4) is 0 Å². The summed E-state index contributed by atoms with van der Waals surface area (Å²) < 4.78 is 38.4. The maximum absolute atomic E-state index is 14.1. The molecule has 5 atom stereocenters. The van der Waals surface area contributed by atoms with Crippen molar-refractivity contribution in [2.75, 3.05) is 20.3 Å². The highest BCUT2D eigenvalue weighted by molar-refractivity contribution is 7.91. The molecule has 14 heteroatoms. The van der Waals surface area contributed by atoms with Crippen LogP contribution in [0.5, 0.6) is 5.75 Å². The fourth-order valence-electron chi connectivity index (χ4n) is 7.04. The number of carbonyl (C=O) groups is 4. The van der Waals surface area contributed by atoms with Gasteiger partial charge in [-0.2, -0.15) is 0 Å². The molecular weight excluding hydrogens is 701 g/mol. The van der Waals surface area contributed by atoms with Gasteiger partial charge in [0.1, 0.15) is 23.4 Å². The van der Waals surface area contributed by atoms with Crippen molar-refractivity contribution in [3.05, 3.63) is 54.6 Å². The molecular formula is C39H54N4O9S. The minimum Gasteiger partial charge on any atom is -0.496 e. The second-order valence-corrected chi connectivity index (χ2v) is 18.6. The molecule has 53 heavy (non-hydrogen) atoms. The van der Waals surface area contributed by atoms with E-state index in [-0.39, 0.29) is 31.4 Å². The third kappa shape index (κ3) is 9.32. The van der Waals surface area contributed by atoms with Gasteiger partial charge in [0.15, 0.2) is 0 Å². The highest BCUT2D eigenvalue weighted by Crippen LogP contribution is 2.45. The number of aliphatic hydroxyl groups is 1. The van der Waals surface area contributed by atoms with Gasteiger partial charge in [0.2, 0.25) is 21.8 Å². The fourth-order valence-corrected chi connectivity index (χ4v) is 8.41. The summed E-state index contributed by atoms with van der Waals surface area (Å²) >= 11 is 0. The summed E-state index contributed by atoms with van der Waals surface area (Å²) in [5.74, 6) is -1.84. The van der Waals surface area contributed by atoms with E-state index in [0.717, 1.165) is 41.3 Å². The number of benzene rings is 2. The topological polar surface area (TPSA) is 180 Å². The second kappa shape index (κ2) is 15.3. The van der Waals surface area contributed by atoms with Crippen molar-refractivity contribution in [1.82, 2.24) is 20.3 Å². The van der Waals surface area contributed by atoms with E-state index >= 15 is 0 Å². The molecule has 1 saturated heterocycles. The van der Waals surface area contributed by atoms with E-state index in [1.54, 1.807) is 27.9 Å². The van der Waals surface area contributed by atoms with E-state index in [2.05, 4.69) is 34.1 Å². The van der Waals surface area contributed by atoms with Crippen molar-refractivity contribution < 1.29 is 42.2 Å². The molecule has 2 saturated carbocycles. The number of methoxy groups -OCH3 is 1. The largest absolute Gasteiger partial charge is 0.496 e. The third-order valence-electron chi connectivity index (χ3n) is 10.5. The lowest BCUT2D eigenvalue weighted by atomic mass is 9.85. The average molecular weight is 755 g/mol. The maximum atomic E-state index is 14.1. The van der Waals surface area contributed by atoms with Crippen LogP contribution in [0.2, 0.25) is 0 Å². The number of sulfonamides is 1. The van der Waals surface area contributed by atoms with Crippen molar-refractivity contribution in [1.29, 1.82) is 0 Å². The van der Waals surface area contributed by atoms with Gasteiger partial charge in [0.05, 0.1) is 25.1 Å². The van der Waals surface area contributed by atoms with Crippen molar-refractivity contribution in [2.24, 2.45) is 16.7 Å². The average Bonchev–Trinajstić information content (AvgIpc) is 4.02. The molecule has 3 fully saturated rings. The van der Waals surface area contributed by atoms with Crippen LogP contribution in [0.4, 0.5) is 4.79 Å². The Morgan fingerprint density at radius 2 is 1.75 bits per heavy atom. The van der Waals surface area contributed by atoms with Gasteiger partial charge in [-0.25, -0.2) is 13.2 Å². The molecule has 0 radical (unpaired) electrons. The first-order chi connectivity index (χ1) is 24.8. The molecule has 4 N–H and O–H groups in total. The number of fused-ring (bicyclic) bond motifs is 1. The number of hydrogen-bond acceptors (Lipinski definition) is 9. The van der Waals surface area contributed by atoms with Gasteiger partial charge in [-0.1, -0.05) is 65.0 Å². The number of carbonyl (C=O) groups excluding carboxylic acids is 4. The molecule has 0 aromatic heterocycles. The van der Waals surface area contributed by atoms with Crippen LogP contribution < -0.4 is 20.1 Å². The van der Waals surface area contributed by atoms with Crippen LogP contribution in [0.1, 0.15) is 78.7 Å². The first-order valence-corrected chi connectivity index (χ1v) is 19.8. The van der Waals surface area contributed by atoms with E-state index in [4.69, 9.17) is 9.47 Å². The molecule has 4 amide bonds. The number of amides is 4. The zero-order chi connectivity index (χ0) is 38.9. The molecule has 290 valence electrons. The lowest BCUT2D eigenvalue weighted by Crippen LogP contribution is -2.60. The Hall–Kier alpha value is -4.17. The summed E-state index contributed by atoms with van der Waals surface area (Å²) in [7, 11) is -2.21. The molecule has 5 rings (SSSR count). The number of β-amino-alcohol motifs (C(OH)–C–C–N with tert-alkyl or cyclic N) is 1. The molecule has 0 spiro atoms. The third-order valence-corrected chi connectivity index (χ3v) is 12.4. The Morgan fingerprint density at radius 3 is 2.34 bits per heavy atom. The summed E-state index contributed by atoms with van der Waals surface area (Å²) in [5.41, 5.74) is -1.63. The lowest BCUT2D eigenvalue weighted by Gasteiger charge is -2.35. The smallest absolute Gasteiger partial charge is 0.407 e. The summed E-state index contributed by atoms with van der Waals surface area (Å²) in [6.45, 7) is 12.9. The predicted molar refractivity (Wildman–Crippen MR) is 200 cm³/mol. The van der Waals surface area contributed by atoms with E-state index < -0.39 is 74.1 Å². The highest BCUT2D eigenvalue weighted by Gasteiger charge is 2.62. The predicted octanol–water partition coefficient (Wildman–Crippen LogP) is 3.97. The monoisotopic (exact) mass is 754 g/mol. The van der Waals surface area contributed by atoms with Crippen LogP contribution in [0.15, 0.2) is 49.1 Å². The van der Waals surface area contributed by atoms with E-state index in [0.29, 0.717) is 12.8 Å². The minimum atomic E-state index is -3.87. The van der Waals surface area contributed by atoms with E-state index in [9.17, 15) is 32.7 Å². The molecule has 2 aliphatic carbocycles. The number of alkyl carbamates (subject to hydrolysis) is 1. The van der Waals surface area contributed by atoms with Gasteiger partial charge in [0.25, 0.3) is 5.91 Å². The summed E-state index contributed by atoms with van der Waals surface area (Å²) in [6, 6.07) is 10.0. The van der Waals surface area contributed by atoms with Crippen molar-refractivity contribution >= 4 is 44.6 Å². The molecule has 3 aliphatic rings. The number of rotatable bonds is 15. The van der Waals surface area contributed by atoms with E-state index in [1.807, 2.05) is 38.1 Å². The van der Waals surface area contributed by atoms with Crippen molar-refractivity contribution in [3.63, 3.8) is 0 Å². The number of aliphatic hydroxyl groups excluding tert-OH is 1.